The molecule has 1 atom stereocenters. The van der Waals surface area contributed by atoms with Gasteiger partial charge >= 0.3 is 0 Å². The van der Waals surface area contributed by atoms with Crippen molar-refractivity contribution < 1.29 is 17.7 Å². The van der Waals surface area contributed by atoms with Crippen molar-refractivity contribution in [3.05, 3.63) is 30.3 Å². The Morgan fingerprint density at radius 1 is 1.24 bits per heavy atom. The van der Waals surface area contributed by atoms with Crippen LogP contribution < -0.4 is 0 Å². The van der Waals surface area contributed by atoms with Gasteiger partial charge in [0.1, 0.15) is 0 Å². The van der Waals surface area contributed by atoms with Gasteiger partial charge in [0, 0.05) is 0 Å². The highest BCUT2D eigenvalue weighted by atomic mass is 32.2. The lowest BCUT2D eigenvalue weighted by Crippen LogP contribution is -2.31. The number of hydrogen-bond donors (Lipinski definition) is 1. The van der Waals surface area contributed by atoms with Crippen LogP contribution in [0.15, 0.2) is 35.2 Å². The Bertz CT molecular complexity index is 445. The first-order valence-electron chi connectivity index (χ1n) is 5.36. The highest BCUT2D eigenvalue weighted by Crippen LogP contribution is 2.21. The molecule has 5 heteroatoms. The summed E-state index contributed by atoms with van der Waals surface area (Å²) < 4.78 is 28.3. The molecule has 0 heterocycles. The van der Waals surface area contributed by atoms with Crippen molar-refractivity contribution in [2.75, 3.05) is 6.61 Å². The normalized spacial score (nSPS) is 14.6. The van der Waals surface area contributed by atoms with Gasteiger partial charge in [0.05, 0.1) is 17.6 Å². The molecule has 1 unspecified atom stereocenters. The first kappa shape index (κ1) is 14.2. The van der Waals surface area contributed by atoms with Gasteiger partial charge in [-0.25, -0.2) is 0 Å². The zero-order valence-electron chi connectivity index (χ0n) is 10.3. The molecule has 0 aliphatic carbocycles. The molecular formula is C12H18O4S. The first-order chi connectivity index (χ1) is 7.73. The van der Waals surface area contributed by atoms with Crippen molar-refractivity contribution in [1.29, 1.82) is 0 Å². The van der Waals surface area contributed by atoms with Gasteiger partial charge in [-0.2, -0.15) is 8.42 Å². The average Bonchev–Trinajstić information content (AvgIpc) is 2.26. The van der Waals surface area contributed by atoms with Crippen molar-refractivity contribution in [2.24, 2.45) is 5.41 Å². The molecule has 0 radical (unpaired) electrons. The van der Waals surface area contributed by atoms with E-state index in [4.69, 9.17) is 4.18 Å². The monoisotopic (exact) mass is 258 g/mol. The molecule has 0 aliphatic heterocycles. The highest BCUT2D eigenvalue weighted by molar-refractivity contribution is 7.86. The SMILES string of the molecule is CC(C)(C)C(O)COS(=O)(=O)c1ccccc1. The summed E-state index contributed by atoms with van der Waals surface area (Å²) in [4.78, 5) is 0.0982. The smallest absolute Gasteiger partial charge is 0.297 e. The number of aliphatic hydroxyl groups is 1. The fourth-order valence-electron chi connectivity index (χ4n) is 1.06. The Labute approximate surface area is 102 Å². The summed E-state index contributed by atoms with van der Waals surface area (Å²) >= 11 is 0. The van der Waals surface area contributed by atoms with Crippen LogP contribution in [0, 0.1) is 5.41 Å². The average molecular weight is 258 g/mol. The van der Waals surface area contributed by atoms with Crippen LogP contribution in [0.3, 0.4) is 0 Å². The van der Waals surface area contributed by atoms with Crippen LogP contribution in [-0.2, 0) is 14.3 Å². The molecule has 0 aliphatic rings. The number of benzene rings is 1. The third-order valence-electron chi connectivity index (χ3n) is 2.41. The van der Waals surface area contributed by atoms with Gasteiger partial charge in [-0.05, 0) is 17.5 Å². The third-order valence-corrected chi connectivity index (χ3v) is 3.71. The van der Waals surface area contributed by atoms with E-state index in [1.54, 1.807) is 18.2 Å². The van der Waals surface area contributed by atoms with E-state index in [0.717, 1.165) is 0 Å². The van der Waals surface area contributed by atoms with Gasteiger partial charge in [-0.3, -0.25) is 4.18 Å². The fraction of sp³-hybridized carbons (Fsp3) is 0.500. The minimum atomic E-state index is -3.78. The van der Waals surface area contributed by atoms with Crippen LogP contribution in [0.2, 0.25) is 0 Å². The molecule has 17 heavy (non-hydrogen) atoms. The lowest BCUT2D eigenvalue weighted by atomic mass is 9.90. The third kappa shape index (κ3) is 4.11. The second-order valence-corrected chi connectivity index (χ2v) is 6.55. The summed E-state index contributed by atoms with van der Waals surface area (Å²) in [7, 11) is -3.78. The Morgan fingerprint density at radius 3 is 2.24 bits per heavy atom. The lowest BCUT2D eigenvalue weighted by molar-refractivity contribution is 0.0238. The summed E-state index contributed by atoms with van der Waals surface area (Å²) in [5.74, 6) is 0. The maximum absolute atomic E-state index is 11.7. The minimum Gasteiger partial charge on any atom is -0.390 e. The van der Waals surface area contributed by atoms with Crippen LogP contribution in [0.4, 0.5) is 0 Å². The van der Waals surface area contributed by atoms with Crippen LogP contribution in [0.25, 0.3) is 0 Å². The first-order valence-corrected chi connectivity index (χ1v) is 6.77. The largest absolute Gasteiger partial charge is 0.390 e. The number of aliphatic hydroxyl groups excluding tert-OH is 1. The fourth-order valence-corrected chi connectivity index (χ4v) is 1.99. The zero-order chi connectivity index (χ0) is 13.1. The van der Waals surface area contributed by atoms with Gasteiger partial charge in [-0.15, -0.1) is 0 Å². The molecule has 1 aromatic rings. The Balaban J connectivity index is 2.70. The molecule has 0 saturated heterocycles. The summed E-state index contributed by atoms with van der Waals surface area (Å²) in [6.45, 7) is 5.21. The van der Waals surface area contributed by atoms with E-state index >= 15 is 0 Å². The number of hydrogen-bond acceptors (Lipinski definition) is 4. The van der Waals surface area contributed by atoms with Crippen molar-refractivity contribution in [1.82, 2.24) is 0 Å². The molecule has 0 bridgehead atoms. The van der Waals surface area contributed by atoms with Crippen molar-refractivity contribution in [2.45, 2.75) is 31.8 Å². The van der Waals surface area contributed by atoms with Crippen LogP contribution in [-0.4, -0.2) is 26.2 Å². The minimum absolute atomic E-state index is 0.0982. The molecule has 0 saturated carbocycles. The molecule has 0 spiro atoms. The van der Waals surface area contributed by atoms with Crippen molar-refractivity contribution in [3.63, 3.8) is 0 Å². The van der Waals surface area contributed by atoms with Gasteiger partial charge in [-0.1, -0.05) is 39.0 Å². The molecule has 96 valence electrons. The Morgan fingerprint density at radius 2 is 1.76 bits per heavy atom. The second kappa shape index (κ2) is 5.16. The molecule has 4 nitrogen and oxygen atoms in total. The van der Waals surface area contributed by atoms with E-state index in [1.165, 1.54) is 12.1 Å². The van der Waals surface area contributed by atoms with Gasteiger partial charge in [0.25, 0.3) is 10.1 Å². The second-order valence-electron chi connectivity index (χ2n) is 4.93. The van der Waals surface area contributed by atoms with E-state index in [9.17, 15) is 13.5 Å². The predicted molar refractivity (Wildman–Crippen MR) is 65.0 cm³/mol. The quantitative estimate of drug-likeness (QED) is 0.836. The maximum atomic E-state index is 11.7. The predicted octanol–water partition coefficient (Wildman–Crippen LogP) is 1.80. The topological polar surface area (TPSA) is 63.6 Å². The van der Waals surface area contributed by atoms with E-state index in [2.05, 4.69) is 0 Å². The van der Waals surface area contributed by atoms with Crippen LogP contribution in [0.5, 0.6) is 0 Å². The Hall–Kier alpha value is -0.910. The molecule has 1 rings (SSSR count). The summed E-state index contributed by atoms with van der Waals surface area (Å²) in [6.07, 6.45) is -0.832. The molecular weight excluding hydrogens is 240 g/mol. The summed E-state index contributed by atoms with van der Waals surface area (Å²) in [5, 5.41) is 9.71. The molecule has 0 aromatic heterocycles. The summed E-state index contributed by atoms with van der Waals surface area (Å²) in [6, 6.07) is 7.88. The highest BCUT2D eigenvalue weighted by Gasteiger charge is 2.25. The number of rotatable bonds is 4. The van der Waals surface area contributed by atoms with E-state index in [0.29, 0.717) is 0 Å². The van der Waals surface area contributed by atoms with Gasteiger partial charge in [0.15, 0.2) is 0 Å². The van der Waals surface area contributed by atoms with E-state index in [-0.39, 0.29) is 11.5 Å². The zero-order valence-corrected chi connectivity index (χ0v) is 11.1. The molecule has 0 amide bonds. The van der Waals surface area contributed by atoms with Crippen molar-refractivity contribution >= 4 is 10.1 Å². The maximum Gasteiger partial charge on any atom is 0.297 e. The van der Waals surface area contributed by atoms with Crippen molar-refractivity contribution in [3.8, 4) is 0 Å². The Kier molecular flexibility index (Phi) is 4.30. The van der Waals surface area contributed by atoms with Gasteiger partial charge < -0.3 is 5.11 Å². The molecule has 0 fully saturated rings. The standard InChI is InChI=1S/C12H18O4S/c1-12(2,3)11(13)9-16-17(14,15)10-7-5-4-6-8-10/h4-8,11,13H,9H2,1-3H3. The van der Waals surface area contributed by atoms with Crippen LogP contribution >= 0.6 is 0 Å². The summed E-state index contributed by atoms with van der Waals surface area (Å²) in [5.41, 5.74) is -0.411. The lowest BCUT2D eigenvalue weighted by Gasteiger charge is -2.25. The molecule has 1 N–H and O–H groups in total. The van der Waals surface area contributed by atoms with Gasteiger partial charge in [0.2, 0.25) is 0 Å². The van der Waals surface area contributed by atoms with E-state index < -0.39 is 21.6 Å². The van der Waals surface area contributed by atoms with E-state index in [1.807, 2.05) is 20.8 Å². The molecule has 1 aromatic carbocycles. The van der Waals surface area contributed by atoms with Crippen LogP contribution in [0.1, 0.15) is 20.8 Å².